The van der Waals surface area contributed by atoms with Gasteiger partial charge in [-0.25, -0.2) is 0 Å². The highest BCUT2D eigenvalue weighted by molar-refractivity contribution is 5.87. The third kappa shape index (κ3) is 2.49. The first-order valence-corrected chi connectivity index (χ1v) is 7.35. The molecule has 5 heteroatoms. The molecule has 0 atom stereocenters. The summed E-state index contributed by atoms with van der Waals surface area (Å²) in [6.07, 6.45) is 1.62. The normalized spacial score (nSPS) is 16.4. The second kappa shape index (κ2) is 5.41. The number of amidine groups is 1. The zero-order valence-electron chi connectivity index (χ0n) is 12.6. The van der Waals surface area contributed by atoms with Crippen molar-refractivity contribution in [1.29, 1.82) is 0 Å². The smallest absolute Gasteiger partial charge is 0.140 e. The van der Waals surface area contributed by atoms with Crippen molar-refractivity contribution in [1.82, 2.24) is 9.47 Å². The van der Waals surface area contributed by atoms with E-state index in [0.29, 0.717) is 6.42 Å². The molecule has 5 nitrogen and oxygen atoms in total. The molecule has 2 aromatic rings. The van der Waals surface area contributed by atoms with Crippen LogP contribution in [0.2, 0.25) is 0 Å². The van der Waals surface area contributed by atoms with Gasteiger partial charge < -0.3 is 20.4 Å². The van der Waals surface area contributed by atoms with Gasteiger partial charge in [-0.15, -0.1) is 0 Å². The number of nitrogens with zero attached hydrogens (tertiary/aromatic N) is 3. The summed E-state index contributed by atoms with van der Waals surface area (Å²) in [7, 11) is 2.16. The second-order valence-corrected chi connectivity index (χ2v) is 5.93. The number of hydrogen-bond donors (Lipinski definition) is 2. The quantitative estimate of drug-likeness (QED) is 0.393. The number of fused-ring (bicyclic) bond motifs is 3. The van der Waals surface area contributed by atoms with Crippen LogP contribution in [0, 0.1) is 6.92 Å². The van der Waals surface area contributed by atoms with Crippen LogP contribution in [0.25, 0.3) is 10.9 Å². The molecular formula is C16H22N4O. The summed E-state index contributed by atoms with van der Waals surface area (Å²) in [6.45, 7) is 4.96. The number of aromatic nitrogens is 1. The van der Waals surface area contributed by atoms with Crippen molar-refractivity contribution < 1.29 is 5.21 Å². The van der Waals surface area contributed by atoms with Crippen molar-refractivity contribution in [2.75, 3.05) is 13.6 Å². The average molecular weight is 286 g/mol. The van der Waals surface area contributed by atoms with Crippen LogP contribution in [-0.2, 0) is 19.5 Å². The minimum absolute atomic E-state index is 0.283. The molecule has 1 aliphatic heterocycles. The van der Waals surface area contributed by atoms with E-state index < -0.39 is 0 Å². The summed E-state index contributed by atoms with van der Waals surface area (Å²) in [5, 5.41) is 13.2. The minimum Gasteiger partial charge on any atom is -0.409 e. The second-order valence-electron chi connectivity index (χ2n) is 5.93. The van der Waals surface area contributed by atoms with Gasteiger partial charge in [0.2, 0.25) is 0 Å². The molecule has 21 heavy (non-hydrogen) atoms. The largest absolute Gasteiger partial charge is 0.409 e. The predicted molar refractivity (Wildman–Crippen MR) is 84.7 cm³/mol. The van der Waals surface area contributed by atoms with E-state index in [1.54, 1.807) is 0 Å². The molecule has 0 bridgehead atoms. The van der Waals surface area contributed by atoms with Crippen LogP contribution >= 0.6 is 0 Å². The lowest BCUT2D eigenvalue weighted by Crippen LogP contribution is -2.27. The molecular weight excluding hydrogens is 264 g/mol. The standard InChI is InChI=1S/C16H22N4O/c1-11-3-4-14-12(9-11)13-10-19(2)7-5-15(13)20(14)8-6-16(17)18-21/h3-4,9,21H,5-8,10H2,1-2H3,(H2,17,18). The molecule has 0 fully saturated rings. The van der Waals surface area contributed by atoms with E-state index >= 15 is 0 Å². The Morgan fingerprint density at radius 3 is 3.00 bits per heavy atom. The van der Waals surface area contributed by atoms with Gasteiger partial charge in [-0.1, -0.05) is 16.8 Å². The van der Waals surface area contributed by atoms with E-state index in [1.807, 2.05) is 0 Å². The predicted octanol–water partition coefficient (Wildman–Crippen LogP) is 2.07. The Morgan fingerprint density at radius 1 is 1.43 bits per heavy atom. The van der Waals surface area contributed by atoms with E-state index in [-0.39, 0.29) is 5.84 Å². The SMILES string of the molecule is Cc1ccc2c(c1)c1c(n2CC/C(N)=N\O)CCN(C)C1. The van der Waals surface area contributed by atoms with Gasteiger partial charge in [0.25, 0.3) is 0 Å². The van der Waals surface area contributed by atoms with Crippen LogP contribution in [0.15, 0.2) is 23.4 Å². The van der Waals surface area contributed by atoms with Gasteiger partial charge in [0.1, 0.15) is 5.84 Å². The van der Waals surface area contributed by atoms with Gasteiger partial charge in [-0.05, 0) is 31.7 Å². The Balaban J connectivity index is 2.10. The van der Waals surface area contributed by atoms with E-state index in [0.717, 1.165) is 26.1 Å². The first-order chi connectivity index (χ1) is 10.1. The molecule has 1 aliphatic rings. The van der Waals surface area contributed by atoms with E-state index in [9.17, 15) is 0 Å². The van der Waals surface area contributed by atoms with Crippen LogP contribution in [0.4, 0.5) is 0 Å². The van der Waals surface area contributed by atoms with Gasteiger partial charge in [-0.2, -0.15) is 0 Å². The number of nitrogens with two attached hydrogens (primary N) is 1. The monoisotopic (exact) mass is 286 g/mol. The molecule has 0 saturated heterocycles. The van der Waals surface area contributed by atoms with Crippen molar-refractivity contribution in [2.24, 2.45) is 10.9 Å². The Labute approximate surface area is 124 Å². The maximum Gasteiger partial charge on any atom is 0.140 e. The maximum atomic E-state index is 8.73. The molecule has 1 aromatic carbocycles. The van der Waals surface area contributed by atoms with Crippen molar-refractivity contribution in [3.8, 4) is 0 Å². The highest BCUT2D eigenvalue weighted by Crippen LogP contribution is 2.31. The zero-order valence-corrected chi connectivity index (χ0v) is 12.6. The zero-order chi connectivity index (χ0) is 15.0. The first-order valence-electron chi connectivity index (χ1n) is 7.35. The lowest BCUT2D eigenvalue weighted by molar-refractivity contribution is 0.308. The van der Waals surface area contributed by atoms with Crippen molar-refractivity contribution in [2.45, 2.75) is 32.9 Å². The van der Waals surface area contributed by atoms with Crippen molar-refractivity contribution in [3.05, 3.63) is 35.0 Å². The topological polar surface area (TPSA) is 66.8 Å². The molecule has 3 N–H and O–H groups in total. The fourth-order valence-electron chi connectivity index (χ4n) is 3.23. The first kappa shape index (κ1) is 13.9. The van der Waals surface area contributed by atoms with Gasteiger partial charge in [-0.3, -0.25) is 0 Å². The highest BCUT2D eigenvalue weighted by Gasteiger charge is 2.22. The Kier molecular flexibility index (Phi) is 3.59. The summed E-state index contributed by atoms with van der Waals surface area (Å²) < 4.78 is 2.34. The molecule has 1 aromatic heterocycles. The van der Waals surface area contributed by atoms with Crippen LogP contribution in [0.3, 0.4) is 0 Å². The number of aryl methyl sites for hydroxylation is 2. The van der Waals surface area contributed by atoms with Crippen LogP contribution in [0.1, 0.15) is 23.2 Å². The molecule has 3 rings (SSSR count). The molecule has 0 radical (unpaired) electrons. The number of oxime groups is 1. The molecule has 0 spiro atoms. The third-order valence-corrected chi connectivity index (χ3v) is 4.32. The van der Waals surface area contributed by atoms with Gasteiger partial charge in [0, 0.05) is 49.1 Å². The van der Waals surface area contributed by atoms with Crippen LogP contribution < -0.4 is 5.73 Å². The number of benzene rings is 1. The third-order valence-electron chi connectivity index (χ3n) is 4.32. The van der Waals surface area contributed by atoms with Gasteiger partial charge >= 0.3 is 0 Å². The average Bonchev–Trinajstić information content (AvgIpc) is 2.77. The Bertz CT molecular complexity index is 702. The highest BCUT2D eigenvalue weighted by atomic mass is 16.4. The minimum atomic E-state index is 0.283. The van der Waals surface area contributed by atoms with Crippen molar-refractivity contribution in [3.63, 3.8) is 0 Å². The lowest BCUT2D eigenvalue weighted by atomic mass is 10.0. The summed E-state index contributed by atoms with van der Waals surface area (Å²) >= 11 is 0. The molecule has 0 amide bonds. The summed E-state index contributed by atoms with van der Waals surface area (Å²) in [5.41, 5.74) is 11.0. The van der Waals surface area contributed by atoms with E-state index in [4.69, 9.17) is 10.9 Å². The van der Waals surface area contributed by atoms with E-state index in [1.165, 1.54) is 27.7 Å². The molecule has 0 aliphatic carbocycles. The summed E-state index contributed by atoms with van der Waals surface area (Å²) in [6, 6.07) is 6.61. The molecule has 112 valence electrons. The Hall–Kier alpha value is -2.01. The number of likely N-dealkylation sites (N-methyl/N-ethyl adjacent to an activating group) is 1. The number of hydrogen-bond acceptors (Lipinski definition) is 3. The molecule has 2 heterocycles. The summed E-state index contributed by atoms with van der Waals surface area (Å²) in [5.74, 6) is 0.283. The summed E-state index contributed by atoms with van der Waals surface area (Å²) in [4.78, 5) is 2.36. The van der Waals surface area contributed by atoms with Crippen LogP contribution in [-0.4, -0.2) is 34.1 Å². The van der Waals surface area contributed by atoms with Crippen molar-refractivity contribution >= 4 is 16.7 Å². The maximum absolute atomic E-state index is 8.73. The van der Waals surface area contributed by atoms with Crippen LogP contribution in [0.5, 0.6) is 0 Å². The van der Waals surface area contributed by atoms with E-state index in [2.05, 4.69) is 46.8 Å². The van der Waals surface area contributed by atoms with Gasteiger partial charge in [0.05, 0.1) is 0 Å². The number of rotatable bonds is 3. The Morgan fingerprint density at radius 2 is 2.24 bits per heavy atom. The molecule has 0 saturated carbocycles. The van der Waals surface area contributed by atoms with Gasteiger partial charge in [0.15, 0.2) is 0 Å². The fraction of sp³-hybridized carbons (Fsp3) is 0.438. The molecule has 0 unspecified atom stereocenters. The fourth-order valence-corrected chi connectivity index (χ4v) is 3.23. The lowest BCUT2D eigenvalue weighted by Gasteiger charge is -2.24.